The van der Waals surface area contributed by atoms with E-state index in [9.17, 15) is 56.4 Å². The number of carbonyl (C=O) groups excluding carboxylic acids is 2. The molecule has 0 spiro atoms. The first-order valence-electron chi connectivity index (χ1n) is 20.6. The molecule has 0 bridgehead atoms. The molecule has 4 aliphatic rings. The van der Waals surface area contributed by atoms with Crippen molar-refractivity contribution in [3.63, 3.8) is 0 Å². The lowest BCUT2D eigenvalue weighted by molar-refractivity contribution is -0.156. The maximum Gasteiger partial charge on any atom is 0.254 e. The Bertz CT molecular complexity index is 2180. The van der Waals surface area contributed by atoms with Crippen LogP contribution in [0, 0.1) is 53.9 Å². The van der Waals surface area contributed by atoms with Crippen molar-refractivity contribution in [2.24, 2.45) is 11.8 Å². The lowest BCUT2D eigenvalue weighted by Gasteiger charge is -2.52. The second-order valence-corrected chi connectivity index (χ2v) is 19.5. The number of likely N-dealkylation sites (tertiary alicyclic amines) is 2. The third-order valence-electron chi connectivity index (χ3n) is 12.9. The first kappa shape index (κ1) is 49.1. The molecule has 2 aliphatic heterocycles. The van der Waals surface area contributed by atoms with Gasteiger partial charge in [-0.15, -0.1) is 0 Å². The van der Waals surface area contributed by atoms with Gasteiger partial charge in [0.25, 0.3) is 11.8 Å². The normalized spacial score (nSPS) is 22.5. The highest BCUT2D eigenvalue weighted by atomic mass is 127. The number of benzene rings is 4. The molecule has 2 aliphatic carbocycles. The van der Waals surface area contributed by atoms with Crippen molar-refractivity contribution in [2.75, 3.05) is 26.2 Å². The Hall–Kier alpha value is -3.30. The highest BCUT2D eigenvalue weighted by molar-refractivity contribution is 14.1. The van der Waals surface area contributed by atoms with Gasteiger partial charge in [-0.1, -0.05) is 45.2 Å². The number of nitrogens with zero attached hydrogens (tertiary/aromatic N) is 2. The van der Waals surface area contributed by atoms with E-state index in [1.54, 1.807) is 12.1 Å². The van der Waals surface area contributed by atoms with Gasteiger partial charge in [0.1, 0.15) is 22.8 Å². The van der Waals surface area contributed by atoms with E-state index in [1.165, 1.54) is 46.2 Å². The SMILES string of the molecule is C.O=C(c1ccc(F)c(F)c1Cc1ccc(I)cc1F)N1CC(O)(C2CCCC[C@H]2O)C1.O=C(c1ccc(F)c(F)c1Cc1ccc(I)cc1F)N1CC(O)([C@H]2CCCC[C@@H]2O)C1. The summed E-state index contributed by atoms with van der Waals surface area (Å²) in [6.07, 6.45) is 4.47. The van der Waals surface area contributed by atoms with Gasteiger partial charge in [0.2, 0.25) is 0 Å². The van der Waals surface area contributed by atoms with Crippen molar-refractivity contribution < 1.29 is 56.4 Å². The van der Waals surface area contributed by atoms with E-state index in [1.807, 2.05) is 45.2 Å². The average molecular weight is 1110 g/mol. The van der Waals surface area contributed by atoms with Crippen molar-refractivity contribution in [1.82, 2.24) is 9.80 Å². The number of rotatable bonds is 8. The Balaban J connectivity index is 0.000000206. The number of aliphatic hydroxyl groups is 4. The van der Waals surface area contributed by atoms with Crippen LogP contribution in [0.4, 0.5) is 26.3 Å². The zero-order valence-corrected chi connectivity index (χ0v) is 37.8. The predicted molar refractivity (Wildman–Crippen MR) is 241 cm³/mol. The van der Waals surface area contributed by atoms with Gasteiger partial charge in [-0.2, -0.15) is 0 Å². The molecule has 1 unspecified atom stereocenters. The molecule has 2 saturated heterocycles. The molecule has 16 heteroatoms. The number of halogens is 8. The lowest BCUT2D eigenvalue weighted by Crippen LogP contribution is -2.69. The van der Waals surface area contributed by atoms with Gasteiger partial charge >= 0.3 is 0 Å². The molecular weight excluding hydrogens is 1060 g/mol. The molecule has 4 N–H and O–H groups in total. The van der Waals surface area contributed by atoms with E-state index in [2.05, 4.69) is 0 Å². The molecule has 340 valence electrons. The molecule has 2 saturated carbocycles. The second kappa shape index (κ2) is 20.1. The molecule has 8 nitrogen and oxygen atoms in total. The van der Waals surface area contributed by atoms with Gasteiger partial charge in [-0.05, 0) is 131 Å². The minimum absolute atomic E-state index is 0. The number of β-amino-alcohol motifs (C(OH)–C–C–N with tert-alkyl or cyclic N) is 2. The van der Waals surface area contributed by atoms with E-state index in [-0.39, 0.29) is 91.7 Å². The molecular formula is C47H50F6I2N2O6. The maximum atomic E-state index is 14.6. The van der Waals surface area contributed by atoms with Crippen molar-refractivity contribution in [2.45, 2.75) is 95.0 Å². The summed E-state index contributed by atoms with van der Waals surface area (Å²) in [5.41, 5.74) is -2.58. The summed E-state index contributed by atoms with van der Waals surface area (Å²) in [7, 11) is 0. The monoisotopic (exact) mass is 1110 g/mol. The van der Waals surface area contributed by atoms with Gasteiger partial charge in [-0.3, -0.25) is 9.59 Å². The van der Waals surface area contributed by atoms with Crippen LogP contribution in [0.3, 0.4) is 0 Å². The van der Waals surface area contributed by atoms with E-state index in [0.717, 1.165) is 37.8 Å². The Kier molecular flexibility index (Phi) is 15.6. The lowest BCUT2D eigenvalue weighted by atomic mass is 9.71. The fourth-order valence-electron chi connectivity index (χ4n) is 9.45. The summed E-state index contributed by atoms with van der Waals surface area (Å²) in [5.74, 6) is -7.40. The fraction of sp³-hybridized carbons (Fsp3) is 0.447. The number of hydrogen-bond acceptors (Lipinski definition) is 6. The van der Waals surface area contributed by atoms with Crippen LogP contribution in [-0.4, -0.2) is 91.6 Å². The van der Waals surface area contributed by atoms with Crippen LogP contribution in [0.1, 0.15) is 102 Å². The highest BCUT2D eigenvalue weighted by Crippen LogP contribution is 2.41. The van der Waals surface area contributed by atoms with Crippen molar-refractivity contribution >= 4 is 57.0 Å². The van der Waals surface area contributed by atoms with Crippen LogP contribution < -0.4 is 0 Å². The highest BCUT2D eigenvalue weighted by Gasteiger charge is 2.53. The van der Waals surface area contributed by atoms with Gasteiger partial charge in [0.05, 0.1) is 38.4 Å². The van der Waals surface area contributed by atoms with Crippen LogP contribution >= 0.6 is 45.2 Å². The summed E-state index contributed by atoms with van der Waals surface area (Å²) in [5, 5.41) is 42.3. The zero-order valence-electron chi connectivity index (χ0n) is 33.5. The molecule has 2 heterocycles. The standard InChI is InChI=1S/2C23H23F3INO3.CH4/c2*24-18-8-7-15(16(21(18)26)9-13-5-6-14(27)10-19(13)25)22(30)28-11-23(31,12-28)17-3-1-2-4-20(17)29;/h2*5-8,10,17,20,29,31H,1-4,9,11-12H2;1H4/t17?,20-;17-,20-;/m10./s1. The van der Waals surface area contributed by atoms with Gasteiger partial charge in [0, 0.05) is 54.1 Å². The Morgan fingerprint density at radius 2 is 0.905 bits per heavy atom. The van der Waals surface area contributed by atoms with Gasteiger partial charge in [0.15, 0.2) is 23.3 Å². The van der Waals surface area contributed by atoms with Crippen LogP contribution in [-0.2, 0) is 12.8 Å². The molecule has 0 aromatic heterocycles. The van der Waals surface area contributed by atoms with Crippen LogP contribution in [0.5, 0.6) is 0 Å². The predicted octanol–water partition coefficient (Wildman–Crippen LogP) is 8.71. The third kappa shape index (κ3) is 10.4. The van der Waals surface area contributed by atoms with E-state index < -0.39 is 70.1 Å². The van der Waals surface area contributed by atoms with E-state index >= 15 is 0 Å². The average Bonchev–Trinajstić information content (AvgIpc) is 3.21. The number of aliphatic hydroxyl groups excluding tert-OH is 2. The van der Waals surface area contributed by atoms with Gasteiger partial charge < -0.3 is 30.2 Å². The summed E-state index contributed by atoms with van der Waals surface area (Å²) in [4.78, 5) is 28.8. The smallest absolute Gasteiger partial charge is 0.254 e. The first-order valence-corrected chi connectivity index (χ1v) is 22.8. The zero-order chi connectivity index (χ0) is 44.7. The minimum Gasteiger partial charge on any atom is -0.393 e. The topological polar surface area (TPSA) is 122 Å². The molecule has 4 aromatic carbocycles. The molecule has 8 rings (SSSR count). The van der Waals surface area contributed by atoms with E-state index in [4.69, 9.17) is 0 Å². The summed E-state index contributed by atoms with van der Waals surface area (Å²) >= 11 is 3.90. The Labute approximate surface area is 390 Å². The first-order chi connectivity index (χ1) is 29.4. The molecule has 4 aromatic rings. The summed E-state index contributed by atoms with van der Waals surface area (Å²) < 4.78 is 87.1. The van der Waals surface area contributed by atoms with Crippen molar-refractivity contribution in [1.29, 1.82) is 0 Å². The fourth-order valence-corrected chi connectivity index (χ4v) is 10.4. The van der Waals surface area contributed by atoms with Crippen molar-refractivity contribution in [3.05, 3.63) is 136 Å². The van der Waals surface area contributed by atoms with Crippen LogP contribution in [0.15, 0.2) is 60.7 Å². The van der Waals surface area contributed by atoms with Gasteiger partial charge in [-0.25, -0.2) is 26.3 Å². The maximum absolute atomic E-state index is 14.6. The molecule has 0 radical (unpaired) electrons. The number of amides is 2. The molecule has 4 atom stereocenters. The molecule has 2 amide bonds. The van der Waals surface area contributed by atoms with Crippen LogP contribution in [0.25, 0.3) is 0 Å². The van der Waals surface area contributed by atoms with E-state index in [0.29, 0.717) is 32.8 Å². The Morgan fingerprint density at radius 3 is 1.24 bits per heavy atom. The largest absolute Gasteiger partial charge is 0.393 e. The number of hydrogen-bond donors (Lipinski definition) is 4. The second-order valence-electron chi connectivity index (χ2n) is 17.0. The number of carbonyl (C=O) groups is 2. The third-order valence-corrected chi connectivity index (χ3v) is 14.2. The summed E-state index contributed by atoms with van der Waals surface area (Å²) in [6, 6.07) is 13.0. The summed E-state index contributed by atoms with van der Waals surface area (Å²) in [6.45, 7) is 0.0710. The Morgan fingerprint density at radius 1 is 0.556 bits per heavy atom. The quantitative estimate of drug-likeness (QED) is 0.104. The minimum atomic E-state index is -1.18. The molecule has 4 fully saturated rings. The van der Waals surface area contributed by atoms with Crippen molar-refractivity contribution in [3.8, 4) is 0 Å². The molecule has 63 heavy (non-hydrogen) atoms. The van der Waals surface area contributed by atoms with Crippen LogP contribution in [0.2, 0.25) is 0 Å².